The van der Waals surface area contributed by atoms with Gasteiger partial charge in [-0.1, -0.05) is 17.3 Å². The molecule has 2 heterocycles. The Balaban J connectivity index is 1.69. The van der Waals surface area contributed by atoms with Gasteiger partial charge in [-0.15, -0.1) is 0 Å². The average Bonchev–Trinajstić information content (AvgIpc) is 3.09. The molecule has 5 heteroatoms. The van der Waals surface area contributed by atoms with Crippen LogP contribution < -0.4 is 0 Å². The lowest BCUT2D eigenvalue weighted by Gasteiger charge is -2.01. The molecule has 100 valence electrons. The fraction of sp³-hybridized carbons (Fsp3) is 0.267. The van der Waals surface area contributed by atoms with E-state index in [9.17, 15) is 4.79 Å². The summed E-state index contributed by atoms with van der Waals surface area (Å²) in [5.74, 6) is 1.93. The van der Waals surface area contributed by atoms with Crippen molar-refractivity contribution < 1.29 is 9.32 Å². The van der Waals surface area contributed by atoms with E-state index in [1.807, 2.05) is 35.0 Å². The summed E-state index contributed by atoms with van der Waals surface area (Å²) < 4.78 is 7.31. The summed E-state index contributed by atoms with van der Waals surface area (Å²) in [6.07, 6.45) is 5.14. The first-order valence-corrected chi connectivity index (χ1v) is 6.70. The fourth-order valence-electron chi connectivity index (χ4n) is 2.47. The first-order chi connectivity index (χ1) is 9.85. The van der Waals surface area contributed by atoms with Crippen molar-refractivity contribution in [1.29, 1.82) is 0 Å². The number of hydrogen-bond donors (Lipinski definition) is 0. The maximum atomic E-state index is 11.0. The highest BCUT2D eigenvalue weighted by atomic mass is 16.5. The zero-order valence-electron chi connectivity index (χ0n) is 10.8. The van der Waals surface area contributed by atoms with Gasteiger partial charge in [0.25, 0.3) is 0 Å². The molecule has 2 aromatic heterocycles. The Morgan fingerprint density at radius 3 is 3.05 bits per heavy atom. The Hall–Kier alpha value is -2.43. The van der Waals surface area contributed by atoms with Crippen molar-refractivity contribution >= 4 is 17.2 Å². The van der Waals surface area contributed by atoms with Crippen molar-refractivity contribution in [1.82, 2.24) is 14.7 Å². The second-order valence-corrected chi connectivity index (χ2v) is 5.16. The highest BCUT2D eigenvalue weighted by Crippen LogP contribution is 2.38. The smallest absolute Gasteiger partial charge is 0.246 e. The van der Waals surface area contributed by atoms with E-state index < -0.39 is 0 Å². The summed E-state index contributed by atoms with van der Waals surface area (Å²) in [4.78, 5) is 15.5. The molecular weight excluding hydrogens is 254 g/mol. The van der Waals surface area contributed by atoms with Crippen LogP contribution in [0.4, 0.5) is 0 Å². The largest absolute Gasteiger partial charge is 0.338 e. The predicted octanol–water partition coefficient (Wildman–Crippen LogP) is 2.76. The third kappa shape index (κ3) is 1.82. The van der Waals surface area contributed by atoms with Crippen LogP contribution in [-0.4, -0.2) is 21.0 Å². The van der Waals surface area contributed by atoms with E-state index >= 15 is 0 Å². The fourth-order valence-corrected chi connectivity index (χ4v) is 2.47. The lowest BCUT2D eigenvalue weighted by molar-refractivity contribution is 0.112. The van der Waals surface area contributed by atoms with Gasteiger partial charge in [-0.3, -0.25) is 4.79 Å². The van der Waals surface area contributed by atoms with E-state index in [-0.39, 0.29) is 0 Å². The maximum absolute atomic E-state index is 11.0. The third-order valence-electron chi connectivity index (χ3n) is 3.71. The van der Waals surface area contributed by atoms with Crippen molar-refractivity contribution in [2.24, 2.45) is 0 Å². The highest BCUT2D eigenvalue weighted by molar-refractivity contribution is 5.97. The van der Waals surface area contributed by atoms with Gasteiger partial charge in [0.05, 0.1) is 0 Å². The molecule has 1 aliphatic carbocycles. The molecule has 0 radical (unpaired) electrons. The molecule has 0 bridgehead atoms. The summed E-state index contributed by atoms with van der Waals surface area (Å²) in [5, 5.41) is 4.97. The van der Waals surface area contributed by atoms with E-state index in [0.717, 1.165) is 35.9 Å². The standard InChI is InChI=1S/C15H13N3O2/c19-9-11-2-1-3-13-12(11)6-7-18(13)8-14-16-15(17-20-14)10-4-5-10/h1-3,6-7,9-10H,4-5,8H2. The molecule has 0 unspecified atom stereocenters. The Kier molecular flexibility index (Phi) is 2.45. The monoisotopic (exact) mass is 267 g/mol. The number of carbonyl (C=O) groups excluding carboxylic acids is 1. The average molecular weight is 267 g/mol. The van der Waals surface area contributed by atoms with Crippen LogP contribution in [-0.2, 0) is 6.54 Å². The minimum atomic E-state index is 0.496. The van der Waals surface area contributed by atoms with E-state index in [0.29, 0.717) is 23.9 Å². The highest BCUT2D eigenvalue weighted by Gasteiger charge is 2.28. The van der Waals surface area contributed by atoms with Gasteiger partial charge in [-0.05, 0) is 25.0 Å². The van der Waals surface area contributed by atoms with Gasteiger partial charge in [0.2, 0.25) is 5.89 Å². The van der Waals surface area contributed by atoms with E-state index in [4.69, 9.17) is 4.52 Å². The molecule has 1 aliphatic rings. The zero-order valence-corrected chi connectivity index (χ0v) is 10.8. The Morgan fingerprint density at radius 2 is 2.25 bits per heavy atom. The van der Waals surface area contributed by atoms with Crippen molar-refractivity contribution in [3.05, 3.63) is 47.7 Å². The molecule has 5 nitrogen and oxygen atoms in total. The summed E-state index contributed by atoms with van der Waals surface area (Å²) >= 11 is 0. The first kappa shape index (κ1) is 11.4. The van der Waals surface area contributed by atoms with Crippen molar-refractivity contribution in [3.8, 4) is 0 Å². The number of aromatic nitrogens is 3. The van der Waals surface area contributed by atoms with Gasteiger partial charge >= 0.3 is 0 Å². The second kappa shape index (κ2) is 4.30. The van der Waals surface area contributed by atoms with Gasteiger partial charge in [0.15, 0.2) is 12.1 Å². The molecule has 0 N–H and O–H groups in total. The van der Waals surface area contributed by atoms with Crippen LogP contribution in [0, 0.1) is 0 Å². The van der Waals surface area contributed by atoms with Crippen LogP contribution in [0.2, 0.25) is 0 Å². The topological polar surface area (TPSA) is 60.9 Å². The number of fused-ring (bicyclic) bond motifs is 1. The maximum Gasteiger partial charge on any atom is 0.246 e. The van der Waals surface area contributed by atoms with Gasteiger partial charge in [-0.2, -0.15) is 4.98 Å². The van der Waals surface area contributed by atoms with Gasteiger partial charge in [0, 0.05) is 28.6 Å². The predicted molar refractivity (Wildman–Crippen MR) is 72.7 cm³/mol. The molecule has 4 rings (SSSR count). The SMILES string of the molecule is O=Cc1cccc2c1ccn2Cc1nc(C2CC2)no1. The summed E-state index contributed by atoms with van der Waals surface area (Å²) in [6.45, 7) is 0.533. The molecule has 0 amide bonds. The normalized spacial score (nSPS) is 14.8. The van der Waals surface area contributed by atoms with E-state index in [1.165, 1.54) is 0 Å². The number of benzene rings is 1. The third-order valence-corrected chi connectivity index (χ3v) is 3.71. The molecule has 1 saturated carbocycles. The van der Waals surface area contributed by atoms with Crippen LogP contribution in [0.3, 0.4) is 0 Å². The van der Waals surface area contributed by atoms with Crippen molar-refractivity contribution in [3.63, 3.8) is 0 Å². The van der Waals surface area contributed by atoms with Crippen molar-refractivity contribution in [2.45, 2.75) is 25.3 Å². The Bertz CT molecular complexity index is 783. The molecule has 0 atom stereocenters. The van der Waals surface area contributed by atoms with E-state index in [2.05, 4.69) is 10.1 Å². The van der Waals surface area contributed by atoms with Crippen molar-refractivity contribution in [2.75, 3.05) is 0 Å². The molecule has 0 spiro atoms. The minimum Gasteiger partial charge on any atom is -0.338 e. The number of aldehydes is 1. The van der Waals surface area contributed by atoms with Crippen LogP contribution in [0.1, 0.15) is 40.8 Å². The molecule has 3 aromatic rings. The van der Waals surface area contributed by atoms with Gasteiger partial charge in [-0.25, -0.2) is 0 Å². The van der Waals surface area contributed by atoms with Gasteiger partial charge < -0.3 is 9.09 Å². The van der Waals surface area contributed by atoms with Crippen LogP contribution in [0.15, 0.2) is 35.0 Å². The van der Waals surface area contributed by atoms with Crippen LogP contribution in [0.25, 0.3) is 10.9 Å². The lowest BCUT2D eigenvalue weighted by Crippen LogP contribution is -1.98. The van der Waals surface area contributed by atoms with Crippen LogP contribution in [0.5, 0.6) is 0 Å². The van der Waals surface area contributed by atoms with Gasteiger partial charge in [0.1, 0.15) is 6.54 Å². The number of nitrogens with zero attached hydrogens (tertiary/aromatic N) is 3. The molecule has 1 fully saturated rings. The van der Waals surface area contributed by atoms with Crippen LogP contribution >= 0.6 is 0 Å². The number of carbonyl (C=O) groups is 1. The first-order valence-electron chi connectivity index (χ1n) is 6.70. The lowest BCUT2D eigenvalue weighted by atomic mass is 10.1. The molecule has 0 aliphatic heterocycles. The number of hydrogen-bond acceptors (Lipinski definition) is 4. The Labute approximate surface area is 115 Å². The summed E-state index contributed by atoms with van der Waals surface area (Å²) in [5.41, 5.74) is 1.70. The Morgan fingerprint density at radius 1 is 1.35 bits per heavy atom. The van der Waals surface area contributed by atoms with E-state index in [1.54, 1.807) is 0 Å². The molecular formula is C15H13N3O2. The molecule has 20 heavy (non-hydrogen) atoms. The number of rotatable bonds is 4. The quantitative estimate of drug-likeness (QED) is 0.682. The minimum absolute atomic E-state index is 0.496. The molecule has 1 aromatic carbocycles. The molecule has 0 saturated heterocycles. The summed E-state index contributed by atoms with van der Waals surface area (Å²) in [7, 11) is 0. The second-order valence-electron chi connectivity index (χ2n) is 5.16. The summed E-state index contributed by atoms with van der Waals surface area (Å²) in [6, 6.07) is 7.63. The zero-order chi connectivity index (χ0) is 13.5.